The van der Waals surface area contributed by atoms with Crippen molar-refractivity contribution in [1.29, 1.82) is 0 Å². The average molecular weight is 442 g/mol. The van der Waals surface area contributed by atoms with Crippen LogP contribution in [0.25, 0.3) is 10.8 Å². The molecule has 3 aromatic rings. The number of rotatable bonds is 4. The Hall–Kier alpha value is -3.95. The molecule has 3 N–H and O–H groups in total. The van der Waals surface area contributed by atoms with E-state index in [4.69, 9.17) is 0 Å². The van der Waals surface area contributed by atoms with Crippen molar-refractivity contribution in [2.45, 2.75) is 25.4 Å². The smallest absolute Gasteiger partial charge is 0.321 e. The Bertz CT molecular complexity index is 1220. The molecule has 1 aliphatic rings. The number of urea groups is 1. The molecule has 0 aliphatic carbocycles. The number of amides is 4. The van der Waals surface area contributed by atoms with Crippen molar-refractivity contribution in [1.82, 2.24) is 14.8 Å². The van der Waals surface area contributed by atoms with Crippen LogP contribution in [0.15, 0.2) is 42.6 Å². The Morgan fingerprint density at radius 2 is 1.94 bits per heavy atom. The number of fused-ring (bicyclic) bond motifs is 1. The predicted octanol–water partition coefficient (Wildman–Crippen LogP) is 3.27. The van der Waals surface area contributed by atoms with Gasteiger partial charge in [0.2, 0.25) is 11.8 Å². The molecule has 0 spiro atoms. The molecule has 4 rings (SSSR count). The zero-order valence-electron chi connectivity index (χ0n) is 17.1. The van der Waals surface area contributed by atoms with Gasteiger partial charge in [0.15, 0.2) is 5.88 Å². The summed E-state index contributed by atoms with van der Waals surface area (Å²) < 4.78 is 28.2. The van der Waals surface area contributed by atoms with Gasteiger partial charge in [0.25, 0.3) is 0 Å². The highest BCUT2D eigenvalue weighted by molar-refractivity contribution is 6.00. The standard InChI is InChI=1S/C22H20F2N4O4/c1-27(22(32)25-15-8-13(23)7-14(24)9-15)10-12-3-2-4-16-17(12)11-28(21(16)31)18-5-6-19(29)26-20(18)30/h2-4,7-9,11,18,31H,5-6,10H2,1H3,(H,25,32)(H,26,29,30). The third-order valence-electron chi connectivity index (χ3n) is 5.36. The SMILES string of the molecule is CN(Cc1cccc2c(O)n(C3CCC(=O)NC3=O)cc12)C(=O)Nc1cc(F)cc(F)c1. The average Bonchev–Trinajstić information content (AvgIpc) is 3.05. The minimum Gasteiger partial charge on any atom is -0.494 e. The molecule has 32 heavy (non-hydrogen) atoms. The summed E-state index contributed by atoms with van der Waals surface area (Å²) in [6.07, 6.45) is 2.05. The van der Waals surface area contributed by atoms with Gasteiger partial charge in [-0.25, -0.2) is 13.6 Å². The Morgan fingerprint density at radius 1 is 1.22 bits per heavy atom. The van der Waals surface area contributed by atoms with Gasteiger partial charge < -0.3 is 19.9 Å². The summed E-state index contributed by atoms with van der Waals surface area (Å²) >= 11 is 0. The summed E-state index contributed by atoms with van der Waals surface area (Å²) in [5.41, 5.74) is 0.672. The van der Waals surface area contributed by atoms with E-state index < -0.39 is 29.6 Å². The van der Waals surface area contributed by atoms with Crippen LogP contribution in [0.5, 0.6) is 5.88 Å². The number of nitrogens with zero attached hydrogens (tertiary/aromatic N) is 2. The van der Waals surface area contributed by atoms with Crippen LogP contribution in [-0.4, -0.2) is 39.5 Å². The van der Waals surface area contributed by atoms with E-state index in [-0.39, 0.29) is 36.9 Å². The van der Waals surface area contributed by atoms with Crippen LogP contribution in [-0.2, 0) is 16.1 Å². The normalized spacial score (nSPS) is 16.2. The molecule has 1 atom stereocenters. The molecule has 10 heteroatoms. The molecule has 0 radical (unpaired) electrons. The summed E-state index contributed by atoms with van der Waals surface area (Å²) in [7, 11) is 1.51. The van der Waals surface area contributed by atoms with Gasteiger partial charge in [-0.1, -0.05) is 12.1 Å². The van der Waals surface area contributed by atoms with Gasteiger partial charge in [-0.05, 0) is 30.2 Å². The van der Waals surface area contributed by atoms with Crippen LogP contribution >= 0.6 is 0 Å². The number of anilines is 1. The van der Waals surface area contributed by atoms with E-state index in [1.807, 2.05) is 0 Å². The molecular weight excluding hydrogens is 422 g/mol. The highest BCUT2D eigenvalue weighted by Gasteiger charge is 2.30. The second-order valence-electron chi connectivity index (χ2n) is 7.65. The van der Waals surface area contributed by atoms with E-state index in [2.05, 4.69) is 10.6 Å². The first-order chi connectivity index (χ1) is 15.2. The Kier molecular flexibility index (Phi) is 5.52. The predicted molar refractivity (Wildman–Crippen MR) is 112 cm³/mol. The number of benzene rings is 2. The first-order valence-electron chi connectivity index (χ1n) is 9.86. The Morgan fingerprint density at radius 3 is 2.62 bits per heavy atom. The summed E-state index contributed by atoms with van der Waals surface area (Å²) in [5, 5.41) is 16.5. The van der Waals surface area contributed by atoms with Gasteiger partial charge in [-0.3, -0.25) is 14.9 Å². The number of hydrogen-bond donors (Lipinski definition) is 3. The molecule has 0 saturated carbocycles. The maximum atomic E-state index is 13.4. The summed E-state index contributed by atoms with van der Waals surface area (Å²) in [6, 6.07) is 6.58. The lowest BCUT2D eigenvalue weighted by Gasteiger charge is -2.22. The number of carbonyl (C=O) groups excluding carboxylic acids is 3. The first-order valence-corrected chi connectivity index (χ1v) is 9.86. The van der Waals surface area contributed by atoms with E-state index in [9.17, 15) is 28.3 Å². The molecule has 1 fully saturated rings. The van der Waals surface area contributed by atoms with Crippen LogP contribution in [0.3, 0.4) is 0 Å². The van der Waals surface area contributed by atoms with Crippen molar-refractivity contribution in [3.63, 3.8) is 0 Å². The zero-order valence-corrected chi connectivity index (χ0v) is 17.1. The molecular formula is C22H20F2N4O4. The molecule has 8 nitrogen and oxygen atoms in total. The first kappa shape index (κ1) is 21.3. The molecule has 0 bridgehead atoms. The summed E-state index contributed by atoms with van der Waals surface area (Å²) in [6.45, 7) is 0.125. The highest BCUT2D eigenvalue weighted by atomic mass is 19.1. The Labute approximate surface area is 181 Å². The second kappa shape index (κ2) is 8.29. The largest absolute Gasteiger partial charge is 0.494 e. The van der Waals surface area contributed by atoms with Crippen molar-refractivity contribution in [2.24, 2.45) is 0 Å². The number of aromatic hydroxyl groups is 1. The number of imide groups is 1. The fourth-order valence-corrected chi connectivity index (χ4v) is 3.80. The molecule has 1 aliphatic heterocycles. The van der Waals surface area contributed by atoms with Crippen LogP contribution in [0.4, 0.5) is 19.3 Å². The van der Waals surface area contributed by atoms with Gasteiger partial charge in [0, 0.05) is 48.7 Å². The number of piperidine rings is 1. The molecule has 1 unspecified atom stereocenters. The molecule has 166 valence electrons. The molecule has 2 aromatic carbocycles. The fourth-order valence-electron chi connectivity index (χ4n) is 3.80. The van der Waals surface area contributed by atoms with E-state index in [1.165, 1.54) is 16.5 Å². The maximum Gasteiger partial charge on any atom is 0.321 e. The van der Waals surface area contributed by atoms with Crippen molar-refractivity contribution in [3.05, 3.63) is 59.8 Å². The lowest BCUT2D eigenvalue weighted by molar-refractivity contribution is -0.135. The quantitative estimate of drug-likeness (QED) is 0.540. The fraction of sp³-hybridized carbons (Fsp3) is 0.227. The van der Waals surface area contributed by atoms with Gasteiger partial charge in [0.1, 0.15) is 17.7 Å². The zero-order chi connectivity index (χ0) is 23.0. The van der Waals surface area contributed by atoms with Gasteiger partial charge in [-0.15, -0.1) is 0 Å². The molecule has 2 heterocycles. The third-order valence-corrected chi connectivity index (χ3v) is 5.36. The van der Waals surface area contributed by atoms with E-state index in [0.29, 0.717) is 22.4 Å². The molecule has 4 amide bonds. The topological polar surface area (TPSA) is 104 Å². The van der Waals surface area contributed by atoms with Gasteiger partial charge in [0.05, 0.1) is 0 Å². The highest BCUT2D eigenvalue weighted by Crippen LogP contribution is 2.34. The minimum atomic E-state index is -0.807. The summed E-state index contributed by atoms with van der Waals surface area (Å²) in [4.78, 5) is 37.5. The van der Waals surface area contributed by atoms with Crippen LogP contribution in [0.2, 0.25) is 0 Å². The Balaban J connectivity index is 1.57. The van der Waals surface area contributed by atoms with E-state index in [0.717, 1.165) is 12.1 Å². The third kappa shape index (κ3) is 4.11. The number of halogens is 2. The number of nitrogens with one attached hydrogen (secondary N) is 2. The second-order valence-corrected chi connectivity index (χ2v) is 7.65. The molecule has 1 aromatic heterocycles. The van der Waals surface area contributed by atoms with Crippen molar-refractivity contribution >= 4 is 34.3 Å². The van der Waals surface area contributed by atoms with Crippen molar-refractivity contribution < 1.29 is 28.3 Å². The van der Waals surface area contributed by atoms with Crippen molar-refractivity contribution in [2.75, 3.05) is 12.4 Å². The monoisotopic (exact) mass is 442 g/mol. The number of hydrogen-bond acceptors (Lipinski definition) is 4. The minimum absolute atomic E-state index is 0.0146. The van der Waals surface area contributed by atoms with Crippen LogP contribution < -0.4 is 10.6 Å². The number of carbonyl (C=O) groups is 3. The number of aromatic nitrogens is 1. The lowest BCUT2D eigenvalue weighted by Crippen LogP contribution is -2.41. The van der Waals surface area contributed by atoms with E-state index >= 15 is 0 Å². The van der Waals surface area contributed by atoms with E-state index in [1.54, 1.807) is 24.4 Å². The van der Waals surface area contributed by atoms with Crippen LogP contribution in [0.1, 0.15) is 24.4 Å². The van der Waals surface area contributed by atoms with Crippen LogP contribution in [0, 0.1) is 11.6 Å². The van der Waals surface area contributed by atoms with Gasteiger partial charge in [-0.2, -0.15) is 0 Å². The molecule has 1 saturated heterocycles. The summed E-state index contributed by atoms with van der Waals surface area (Å²) in [5.74, 6) is -2.57. The lowest BCUT2D eigenvalue weighted by atomic mass is 10.1. The van der Waals surface area contributed by atoms with Crippen molar-refractivity contribution in [3.8, 4) is 5.88 Å². The van der Waals surface area contributed by atoms with Gasteiger partial charge >= 0.3 is 6.03 Å². The maximum absolute atomic E-state index is 13.4.